The zero-order valence-corrected chi connectivity index (χ0v) is 13.1. The summed E-state index contributed by atoms with van der Waals surface area (Å²) in [4.78, 5) is 25.7. The van der Waals surface area contributed by atoms with Crippen molar-refractivity contribution in [1.82, 2.24) is 4.90 Å². The van der Waals surface area contributed by atoms with Crippen LogP contribution in [0.4, 0.5) is 0 Å². The fourth-order valence-corrected chi connectivity index (χ4v) is 2.99. The first-order chi connectivity index (χ1) is 9.83. The van der Waals surface area contributed by atoms with Crippen molar-refractivity contribution in [1.29, 1.82) is 0 Å². The normalized spacial score (nSPS) is 23.7. The van der Waals surface area contributed by atoms with Gasteiger partial charge in [0.15, 0.2) is 0 Å². The molecule has 114 valence electrons. The smallest absolute Gasteiger partial charge is 0.311 e. The standard InChI is InChI=1S/C16H20ClNO3/c1-11(12-5-3-6-13(17)9-12)14(19)18-8-4-7-16(2,10-18)15(20)21/h3,5-6,9,11H,4,7-8,10H2,1-2H3,(H,20,21). The van der Waals surface area contributed by atoms with Gasteiger partial charge in [-0.2, -0.15) is 0 Å². The minimum atomic E-state index is -0.845. The second-order valence-corrected chi connectivity index (χ2v) is 6.44. The molecule has 1 aliphatic rings. The summed E-state index contributed by atoms with van der Waals surface area (Å²) < 4.78 is 0. The lowest BCUT2D eigenvalue weighted by molar-refractivity contribution is -0.153. The van der Waals surface area contributed by atoms with E-state index in [1.807, 2.05) is 19.1 Å². The van der Waals surface area contributed by atoms with Crippen molar-refractivity contribution in [2.24, 2.45) is 5.41 Å². The Hall–Kier alpha value is -1.55. The molecular weight excluding hydrogens is 290 g/mol. The number of carbonyl (C=O) groups excluding carboxylic acids is 1. The number of hydrogen-bond donors (Lipinski definition) is 1. The van der Waals surface area contributed by atoms with E-state index >= 15 is 0 Å². The van der Waals surface area contributed by atoms with E-state index in [0.717, 1.165) is 12.0 Å². The van der Waals surface area contributed by atoms with Gasteiger partial charge < -0.3 is 10.0 Å². The maximum Gasteiger partial charge on any atom is 0.311 e. The van der Waals surface area contributed by atoms with E-state index in [-0.39, 0.29) is 18.4 Å². The molecule has 0 radical (unpaired) electrons. The van der Waals surface area contributed by atoms with E-state index in [4.69, 9.17) is 11.6 Å². The fraction of sp³-hybridized carbons (Fsp3) is 0.500. The predicted molar refractivity (Wildman–Crippen MR) is 81.4 cm³/mol. The Bertz CT molecular complexity index is 560. The van der Waals surface area contributed by atoms with Gasteiger partial charge in [-0.15, -0.1) is 0 Å². The molecule has 1 heterocycles. The van der Waals surface area contributed by atoms with E-state index in [1.165, 1.54) is 0 Å². The molecule has 5 heteroatoms. The number of benzene rings is 1. The summed E-state index contributed by atoms with van der Waals surface area (Å²) in [5.41, 5.74) is 0.0113. The number of halogens is 1. The van der Waals surface area contributed by atoms with E-state index in [2.05, 4.69) is 0 Å². The molecule has 0 aromatic heterocycles. The summed E-state index contributed by atoms with van der Waals surface area (Å²) in [6.07, 6.45) is 1.33. The quantitative estimate of drug-likeness (QED) is 0.933. The van der Waals surface area contributed by atoms with E-state index in [9.17, 15) is 14.7 Å². The molecular formula is C16H20ClNO3. The number of aliphatic carboxylic acids is 1. The Morgan fingerprint density at radius 2 is 2.14 bits per heavy atom. The maximum atomic E-state index is 12.6. The van der Waals surface area contributed by atoms with E-state index < -0.39 is 11.4 Å². The number of likely N-dealkylation sites (tertiary alicyclic amines) is 1. The number of hydrogen-bond acceptors (Lipinski definition) is 2. The summed E-state index contributed by atoms with van der Waals surface area (Å²) in [5, 5.41) is 9.93. The highest BCUT2D eigenvalue weighted by Crippen LogP contribution is 2.31. The molecule has 0 bridgehead atoms. The van der Waals surface area contributed by atoms with Crippen LogP contribution in [0.25, 0.3) is 0 Å². The lowest BCUT2D eigenvalue weighted by Gasteiger charge is -2.38. The topological polar surface area (TPSA) is 57.6 Å². The first-order valence-corrected chi connectivity index (χ1v) is 7.49. The second kappa shape index (κ2) is 6.06. The van der Waals surface area contributed by atoms with Crippen LogP contribution in [0, 0.1) is 5.41 Å². The van der Waals surface area contributed by atoms with Crippen LogP contribution in [0.3, 0.4) is 0 Å². The van der Waals surface area contributed by atoms with Gasteiger partial charge in [-0.05, 0) is 44.4 Å². The molecule has 1 aromatic rings. The Morgan fingerprint density at radius 1 is 1.43 bits per heavy atom. The van der Waals surface area contributed by atoms with Crippen molar-refractivity contribution in [2.75, 3.05) is 13.1 Å². The van der Waals surface area contributed by atoms with Crippen LogP contribution in [0.2, 0.25) is 5.02 Å². The number of carboxylic acid groups (broad SMARTS) is 1. The number of carbonyl (C=O) groups is 2. The van der Waals surface area contributed by atoms with Crippen molar-refractivity contribution in [3.8, 4) is 0 Å². The van der Waals surface area contributed by atoms with Crippen molar-refractivity contribution in [2.45, 2.75) is 32.6 Å². The van der Waals surface area contributed by atoms with Gasteiger partial charge in [0, 0.05) is 18.1 Å². The van der Waals surface area contributed by atoms with Crippen molar-refractivity contribution < 1.29 is 14.7 Å². The molecule has 21 heavy (non-hydrogen) atoms. The summed E-state index contributed by atoms with van der Waals surface area (Å²) in [5.74, 6) is -1.19. The highest BCUT2D eigenvalue weighted by molar-refractivity contribution is 6.30. The molecule has 2 rings (SSSR count). The molecule has 2 atom stereocenters. The predicted octanol–water partition coefficient (Wildman–Crippen LogP) is 3.16. The summed E-state index contributed by atoms with van der Waals surface area (Å²) in [6.45, 7) is 4.43. The monoisotopic (exact) mass is 309 g/mol. The molecule has 1 N–H and O–H groups in total. The third-order valence-electron chi connectivity index (χ3n) is 4.24. The van der Waals surface area contributed by atoms with E-state index in [1.54, 1.807) is 24.0 Å². The highest BCUT2D eigenvalue weighted by atomic mass is 35.5. The Balaban J connectivity index is 2.14. The number of piperidine rings is 1. The molecule has 0 spiro atoms. The molecule has 1 aliphatic heterocycles. The van der Waals surface area contributed by atoms with Gasteiger partial charge in [0.05, 0.1) is 11.3 Å². The van der Waals surface area contributed by atoms with Crippen LogP contribution in [0.15, 0.2) is 24.3 Å². The van der Waals surface area contributed by atoms with E-state index in [0.29, 0.717) is 18.0 Å². The second-order valence-electron chi connectivity index (χ2n) is 6.01. The fourth-order valence-electron chi connectivity index (χ4n) is 2.79. The molecule has 1 fully saturated rings. The number of nitrogens with zero attached hydrogens (tertiary/aromatic N) is 1. The van der Waals surface area contributed by atoms with Crippen molar-refractivity contribution in [3.05, 3.63) is 34.9 Å². The minimum absolute atomic E-state index is 0.0376. The van der Waals surface area contributed by atoms with Crippen LogP contribution >= 0.6 is 11.6 Å². The van der Waals surface area contributed by atoms with Gasteiger partial charge in [0.1, 0.15) is 0 Å². The van der Waals surface area contributed by atoms with Gasteiger partial charge in [-0.1, -0.05) is 23.7 Å². The molecule has 1 saturated heterocycles. The molecule has 2 unspecified atom stereocenters. The van der Waals surface area contributed by atoms with Crippen molar-refractivity contribution in [3.63, 3.8) is 0 Å². The maximum absolute atomic E-state index is 12.6. The van der Waals surface area contributed by atoms with Crippen LogP contribution in [-0.4, -0.2) is 35.0 Å². The molecule has 0 saturated carbocycles. The first-order valence-electron chi connectivity index (χ1n) is 7.11. The molecule has 4 nitrogen and oxygen atoms in total. The van der Waals surface area contributed by atoms with Gasteiger partial charge in [-0.25, -0.2) is 0 Å². The van der Waals surface area contributed by atoms with Crippen LogP contribution < -0.4 is 0 Å². The Kier molecular flexibility index (Phi) is 4.57. The third kappa shape index (κ3) is 3.38. The summed E-state index contributed by atoms with van der Waals surface area (Å²) >= 11 is 5.96. The molecule has 1 aromatic carbocycles. The zero-order valence-electron chi connectivity index (χ0n) is 12.3. The van der Waals surface area contributed by atoms with Crippen LogP contribution in [0.5, 0.6) is 0 Å². The Labute approximate surface area is 129 Å². The SMILES string of the molecule is CC(C(=O)N1CCCC(C)(C(=O)O)C1)c1cccc(Cl)c1. The first kappa shape index (κ1) is 15.8. The number of carboxylic acids is 1. The van der Waals surface area contributed by atoms with Crippen LogP contribution in [-0.2, 0) is 9.59 Å². The van der Waals surface area contributed by atoms with Crippen molar-refractivity contribution >= 4 is 23.5 Å². The van der Waals surface area contributed by atoms with Gasteiger partial charge >= 0.3 is 5.97 Å². The molecule has 1 amide bonds. The zero-order chi connectivity index (χ0) is 15.6. The summed E-state index contributed by atoms with van der Waals surface area (Å²) in [6, 6.07) is 7.24. The number of amides is 1. The third-order valence-corrected chi connectivity index (χ3v) is 4.48. The molecule has 0 aliphatic carbocycles. The Morgan fingerprint density at radius 3 is 2.76 bits per heavy atom. The largest absolute Gasteiger partial charge is 0.481 e. The van der Waals surface area contributed by atoms with Gasteiger partial charge in [0.2, 0.25) is 5.91 Å². The average Bonchev–Trinajstić information content (AvgIpc) is 2.45. The van der Waals surface area contributed by atoms with Crippen LogP contribution in [0.1, 0.15) is 38.2 Å². The van der Waals surface area contributed by atoms with Gasteiger partial charge in [0.25, 0.3) is 0 Å². The average molecular weight is 310 g/mol. The highest BCUT2D eigenvalue weighted by Gasteiger charge is 2.40. The number of rotatable bonds is 3. The minimum Gasteiger partial charge on any atom is -0.481 e. The van der Waals surface area contributed by atoms with Gasteiger partial charge in [-0.3, -0.25) is 9.59 Å². The lowest BCUT2D eigenvalue weighted by Crippen LogP contribution is -2.49. The lowest BCUT2D eigenvalue weighted by atomic mass is 9.81. The summed E-state index contributed by atoms with van der Waals surface area (Å²) in [7, 11) is 0.